The number of carbonyl (C=O) groups is 3. The van der Waals surface area contributed by atoms with Crippen molar-refractivity contribution in [3.05, 3.63) is 125 Å². The van der Waals surface area contributed by atoms with Gasteiger partial charge in [-0.3, -0.25) is 19.8 Å². The number of nitrogens with one attached hydrogen (secondary N) is 1. The Labute approximate surface area is 235 Å². The minimum atomic E-state index is -1.31. The van der Waals surface area contributed by atoms with Crippen molar-refractivity contribution in [1.82, 2.24) is 19.8 Å². The molecule has 0 unspecified atom stereocenters. The van der Waals surface area contributed by atoms with Crippen molar-refractivity contribution in [2.75, 3.05) is 5.32 Å². The van der Waals surface area contributed by atoms with Crippen LogP contribution in [0.1, 0.15) is 38.3 Å². The average molecular weight is 548 g/mol. The third-order valence-corrected chi connectivity index (χ3v) is 7.17. The number of hydrogen-bond donors (Lipinski definition) is 3. The summed E-state index contributed by atoms with van der Waals surface area (Å²) in [5.41, 5.74) is 8.97. The molecular weight excluding hydrogens is 522 g/mol. The van der Waals surface area contributed by atoms with Crippen molar-refractivity contribution in [3.63, 3.8) is 0 Å². The van der Waals surface area contributed by atoms with Crippen LogP contribution in [0.25, 0.3) is 0 Å². The Bertz CT molecular complexity index is 1650. The largest absolute Gasteiger partial charge is 0.465 e. The number of nitrogens with two attached hydrogens (primary N) is 1. The fourth-order valence-corrected chi connectivity index (χ4v) is 5.25. The third-order valence-electron chi connectivity index (χ3n) is 7.17. The van der Waals surface area contributed by atoms with Crippen LogP contribution in [0, 0.1) is 0 Å². The Hall–Kier alpha value is -5.58. The van der Waals surface area contributed by atoms with Crippen molar-refractivity contribution in [2.24, 2.45) is 10.7 Å². The lowest BCUT2D eigenvalue weighted by Crippen LogP contribution is -2.43. The molecule has 204 valence electrons. The lowest BCUT2D eigenvalue weighted by molar-refractivity contribution is -0.130. The quantitative estimate of drug-likeness (QED) is 0.335. The Morgan fingerprint density at radius 1 is 0.951 bits per heavy atom. The Kier molecular flexibility index (Phi) is 6.38. The second-order valence-corrected chi connectivity index (χ2v) is 9.76. The zero-order valence-corrected chi connectivity index (χ0v) is 21.8. The number of rotatable bonds is 6. The second kappa shape index (κ2) is 10.2. The van der Waals surface area contributed by atoms with Crippen LogP contribution in [0.3, 0.4) is 0 Å². The average Bonchev–Trinajstić information content (AvgIpc) is 3.52. The van der Waals surface area contributed by atoms with Crippen molar-refractivity contribution in [2.45, 2.75) is 25.2 Å². The molecule has 0 saturated carbocycles. The van der Waals surface area contributed by atoms with Gasteiger partial charge in [0.15, 0.2) is 11.5 Å². The number of carbonyl (C=O) groups excluding carboxylic acids is 2. The van der Waals surface area contributed by atoms with Gasteiger partial charge in [0.1, 0.15) is 0 Å². The number of fused-ring (bicyclic) bond motifs is 1. The molecule has 11 heteroatoms. The molecule has 0 spiro atoms. The molecule has 41 heavy (non-hydrogen) atoms. The highest BCUT2D eigenvalue weighted by Crippen LogP contribution is 2.40. The molecule has 2 aliphatic heterocycles. The molecule has 4 aromatic rings. The highest BCUT2D eigenvalue weighted by Gasteiger charge is 2.50. The van der Waals surface area contributed by atoms with Crippen LogP contribution >= 0.6 is 0 Å². The summed E-state index contributed by atoms with van der Waals surface area (Å²) in [4.78, 5) is 54.4. The zero-order chi connectivity index (χ0) is 28.6. The number of aromatic nitrogens is 2. The Balaban J connectivity index is 1.24. The number of nitrogens with zero attached hydrogens (tertiary/aromatic N) is 5. The SMILES string of the molecule is NC1=NC(c2ccccc2)(c2ccccc2)C(=O)N1Cc1cccc(C(=O)N2Cc3cnc(NC(=O)O)nc3C2)c1. The molecule has 1 aromatic heterocycles. The van der Waals surface area contributed by atoms with E-state index in [1.807, 2.05) is 66.7 Å². The van der Waals surface area contributed by atoms with E-state index in [1.54, 1.807) is 23.1 Å². The second-order valence-electron chi connectivity index (χ2n) is 9.76. The topological polar surface area (TPSA) is 154 Å². The van der Waals surface area contributed by atoms with Gasteiger partial charge in [-0.2, -0.15) is 0 Å². The standard InChI is InChI=1S/C30H25N7O4/c31-27-35-30(22-10-3-1-4-11-22,23-12-5-2-6-13-23)26(39)37(27)16-19-8-7-9-20(14-19)25(38)36-17-21-15-32-28(34-29(40)41)33-24(21)18-36/h1-15H,16-18H2,(H2,31,35)(H,40,41)(H,32,33,34). The van der Waals surface area contributed by atoms with E-state index >= 15 is 0 Å². The van der Waals surface area contributed by atoms with Crippen LogP contribution < -0.4 is 11.1 Å². The number of benzene rings is 3. The smallest absolute Gasteiger partial charge is 0.411 e. The first-order valence-electron chi connectivity index (χ1n) is 12.9. The monoisotopic (exact) mass is 547 g/mol. The molecule has 11 nitrogen and oxygen atoms in total. The minimum absolute atomic E-state index is 0.0378. The molecule has 2 aliphatic rings. The lowest BCUT2D eigenvalue weighted by Gasteiger charge is -2.27. The van der Waals surface area contributed by atoms with Gasteiger partial charge in [-0.1, -0.05) is 72.8 Å². The molecule has 0 atom stereocenters. The molecular formula is C30H25N7O4. The van der Waals surface area contributed by atoms with Gasteiger partial charge < -0.3 is 15.7 Å². The van der Waals surface area contributed by atoms with Gasteiger partial charge >= 0.3 is 6.09 Å². The molecule has 3 amide bonds. The minimum Gasteiger partial charge on any atom is -0.465 e. The summed E-state index contributed by atoms with van der Waals surface area (Å²) < 4.78 is 0. The van der Waals surface area contributed by atoms with Crippen LogP contribution in [0.15, 0.2) is 96.1 Å². The first kappa shape index (κ1) is 25.7. The number of anilines is 1. The predicted octanol–water partition coefficient (Wildman–Crippen LogP) is 3.32. The summed E-state index contributed by atoms with van der Waals surface area (Å²) in [7, 11) is 0. The van der Waals surface area contributed by atoms with E-state index in [0.29, 0.717) is 34.5 Å². The van der Waals surface area contributed by atoms with E-state index in [1.165, 1.54) is 11.1 Å². The summed E-state index contributed by atoms with van der Waals surface area (Å²) in [6, 6.07) is 25.7. The van der Waals surface area contributed by atoms with Crippen LogP contribution in [0.4, 0.5) is 10.7 Å². The maximum atomic E-state index is 14.1. The number of hydrogen-bond acceptors (Lipinski definition) is 7. The summed E-state index contributed by atoms with van der Waals surface area (Å²) >= 11 is 0. The fourth-order valence-electron chi connectivity index (χ4n) is 5.25. The predicted molar refractivity (Wildman–Crippen MR) is 150 cm³/mol. The molecule has 0 saturated heterocycles. The summed E-state index contributed by atoms with van der Waals surface area (Å²) in [6.07, 6.45) is 0.254. The molecule has 4 N–H and O–H groups in total. The van der Waals surface area contributed by atoms with Crippen LogP contribution in [0.2, 0.25) is 0 Å². The van der Waals surface area contributed by atoms with Crippen molar-refractivity contribution >= 4 is 29.8 Å². The maximum absolute atomic E-state index is 14.1. The maximum Gasteiger partial charge on any atom is 0.411 e. The van der Waals surface area contributed by atoms with Crippen LogP contribution in [-0.2, 0) is 30.0 Å². The highest BCUT2D eigenvalue weighted by molar-refractivity contribution is 6.09. The van der Waals surface area contributed by atoms with E-state index in [9.17, 15) is 14.4 Å². The molecule has 0 radical (unpaired) electrons. The van der Waals surface area contributed by atoms with Crippen molar-refractivity contribution < 1.29 is 19.5 Å². The van der Waals surface area contributed by atoms with Gasteiger partial charge in [-0.15, -0.1) is 0 Å². The molecule has 0 fully saturated rings. The highest BCUT2D eigenvalue weighted by atomic mass is 16.4. The van der Waals surface area contributed by atoms with Crippen molar-refractivity contribution in [3.8, 4) is 0 Å². The zero-order valence-electron chi connectivity index (χ0n) is 21.8. The summed E-state index contributed by atoms with van der Waals surface area (Å²) in [6.45, 7) is 0.648. The summed E-state index contributed by atoms with van der Waals surface area (Å²) in [5.74, 6) is -0.443. The van der Waals surface area contributed by atoms with Gasteiger partial charge in [0, 0.05) is 23.9 Å². The van der Waals surface area contributed by atoms with E-state index in [2.05, 4.69) is 15.3 Å². The number of aliphatic imine (C=N–C) groups is 1. The van der Waals surface area contributed by atoms with Crippen LogP contribution in [-0.4, -0.2) is 48.7 Å². The molecule has 0 bridgehead atoms. The molecule has 3 heterocycles. The first-order chi connectivity index (χ1) is 19.8. The fraction of sp³-hybridized carbons (Fsp3) is 0.133. The van der Waals surface area contributed by atoms with E-state index in [-0.39, 0.29) is 36.8 Å². The molecule has 0 aliphatic carbocycles. The summed E-state index contributed by atoms with van der Waals surface area (Å²) in [5, 5.41) is 11.0. The Morgan fingerprint density at radius 3 is 2.29 bits per heavy atom. The van der Waals surface area contributed by atoms with E-state index < -0.39 is 11.6 Å². The molecule has 3 aromatic carbocycles. The normalized spacial score (nSPS) is 15.4. The lowest BCUT2D eigenvalue weighted by atomic mass is 9.83. The number of carboxylic acid groups (broad SMARTS) is 1. The van der Waals surface area contributed by atoms with Crippen molar-refractivity contribution in [1.29, 1.82) is 0 Å². The Morgan fingerprint density at radius 2 is 1.63 bits per heavy atom. The van der Waals surface area contributed by atoms with Gasteiger partial charge in [0.2, 0.25) is 5.95 Å². The van der Waals surface area contributed by atoms with Gasteiger partial charge in [-0.25, -0.2) is 19.8 Å². The molecule has 6 rings (SSSR count). The van der Waals surface area contributed by atoms with Gasteiger partial charge in [0.25, 0.3) is 11.8 Å². The third kappa shape index (κ3) is 4.63. The van der Waals surface area contributed by atoms with Gasteiger partial charge in [0.05, 0.1) is 18.8 Å². The number of guanidine groups is 1. The van der Waals surface area contributed by atoms with Crippen LogP contribution in [0.5, 0.6) is 0 Å². The first-order valence-corrected chi connectivity index (χ1v) is 12.9. The number of amides is 3. The van der Waals surface area contributed by atoms with E-state index in [4.69, 9.17) is 15.8 Å². The van der Waals surface area contributed by atoms with Gasteiger partial charge in [-0.05, 0) is 28.8 Å². The van der Waals surface area contributed by atoms with E-state index in [0.717, 1.165) is 5.56 Å².